The lowest BCUT2D eigenvalue weighted by Crippen LogP contribution is -2.39. The van der Waals surface area contributed by atoms with Gasteiger partial charge in [0, 0.05) is 17.4 Å². The number of carbonyl (C=O) groups excluding carboxylic acids is 1. The van der Waals surface area contributed by atoms with E-state index < -0.39 is 11.6 Å². The Bertz CT molecular complexity index is 505. The van der Waals surface area contributed by atoms with Gasteiger partial charge in [-0.25, -0.2) is 9.18 Å². The summed E-state index contributed by atoms with van der Waals surface area (Å²) >= 11 is 3.30. The number of amides is 1. The van der Waals surface area contributed by atoms with Crippen LogP contribution in [0.15, 0.2) is 28.7 Å². The third kappa shape index (κ3) is 3.12. The van der Waals surface area contributed by atoms with E-state index in [-0.39, 0.29) is 31.8 Å². The van der Waals surface area contributed by atoms with Crippen LogP contribution in [0.3, 0.4) is 0 Å². The standard InChI is InChI=1S/C13H13BrFNO3/c14-10-3-1-9(2-4-10)7-11(17)16-6-5-13(15,8-16)12(18)19/h1-4H,5-8H2,(H,18,19). The van der Waals surface area contributed by atoms with Crippen LogP contribution >= 0.6 is 15.9 Å². The first-order valence-electron chi connectivity index (χ1n) is 5.85. The Balaban J connectivity index is 1.98. The van der Waals surface area contributed by atoms with Gasteiger partial charge in [0.2, 0.25) is 11.6 Å². The molecule has 0 saturated carbocycles. The number of halogens is 2. The van der Waals surface area contributed by atoms with E-state index in [4.69, 9.17) is 5.11 Å². The normalized spacial score (nSPS) is 22.5. The van der Waals surface area contributed by atoms with Gasteiger partial charge in [0.1, 0.15) is 0 Å². The Morgan fingerprint density at radius 2 is 2.00 bits per heavy atom. The van der Waals surface area contributed by atoms with Crippen molar-refractivity contribution < 1.29 is 19.1 Å². The third-order valence-corrected chi connectivity index (χ3v) is 3.75. The highest BCUT2D eigenvalue weighted by atomic mass is 79.9. The monoisotopic (exact) mass is 329 g/mol. The van der Waals surface area contributed by atoms with Crippen molar-refractivity contribution in [2.45, 2.75) is 18.5 Å². The number of carboxylic acid groups (broad SMARTS) is 1. The van der Waals surface area contributed by atoms with Gasteiger partial charge in [-0.2, -0.15) is 0 Å². The summed E-state index contributed by atoms with van der Waals surface area (Å²) in [4.78, 5) is 24.0. The van der Waals surface area contributed by atoms with Crippen LogP contribution < -0.4 is 0 Å². The minimum absolute atomic E-state index is 0.144. The van der Waals surface area contributed by atoms with E-state index in [0.717, 1.165) is 10.0 Å². The largest absolute Gasteiger partial charge is 0.479 e. The van der Waals surface area contributed by atoms with Crippen LogP contribution in [0.25, 0.3) is 0 Å². The quantitative estimate of drug-likeness (QED) is 0.922. The average molecular weight is 330 g/mol. The summed E-state index contributed by atoms with van der Waals surface area (Å²) in [7, 11) is 0. The average Bonchev–Trinajstić information content (AvgIpc) is 2.76. The predicted octanol–water partition coefficient (Wildman–Crippen LogP) is 2.02. The van der Waals surface area contributed by atoms with E-state index in [2.05, 4.69) is 15.9 Å². The number of carboxylic acids is 1. The first kappa shape index (κ1) is 14.0. The molecule has 1 aromatic rings. The fourth-order valence-electron chi connectivity index (χ4n) is 2.05. The molecule has 0 bridgehead atoms. The number of hydrogen-bond acceptors (Lipinski definition) is 2. The summed E-state index contributed by atoms with van der Waals surface area (Å²) in [5.74, 6) is -1.74. The van der Waals surface area contributed by atoms with Gasteiger partial charge in [-0.3, -0.25) is 4.79 Å². The molecule has 0 radical (unpaired) electrons. The fraction of sp³-hybridized carbons (Fsp3) is 0.385. The molecule has 2 rings (SSSR count). The minimum atomic E-state index is -2.30. The fourth-order valence-corrected chi connectivity index (χ4v) is 2.31. The Hall–Kier alpha value is -1.43. The molecule has 4 nitrogen and oxygen atoms in total. The molecular formula is C13H13BrFNO3. The van der Waals surface area contributed by atoms with E-state index in [1.54, 1.807) is 12.1 Å². The lowest BCUT2D eigenvalue weighted by atomic mass is 10.1. The SMILES string of the molecule is O=C(Cc1ccc(Br)cc1)N1CCC(F)(C(=O)O)C1. The number of benzene rings is 1. The van der Waals surface area contributed by atoms with Gasteiger partial charge in [-0.1, -0.05) is 28.1 Å². The zero-order valence-electron chi connectivity index (χ0n) is 10.1. The van der Waals surface area contributed by atoms with Crippen LogP contribution in [0, 0.1) is 0 Å². The molecule has 1 atom stereocenters. The number of nitrogens with zero attached hydrogens (tertiary/aromatic N) is 1. The maximum atomic E-state index is 13.8. The second kappa shape index (κ2) is 5.28. The van der Waals surface area contributed by atoms with Crippen LogP contribution in [0.1, 0.15) is 12.0 Å². The van der Waals surface area contributed by atoms with Gasteiger partial charge in [0.15, 0.2) is 0 Å². The van der Waals surface area contributed by atoms with Crippen molar-refractivity contribution in [3.63, 3.8) is 0 Å². The van der Waals surface area contributed by atoms with Crippen LogP contribution in [0.2, 0.25) is 0 Å². The second-order valence-corrected chi connectivity index (χ2v) is 5.55. The maximum Gasteiger partial charge on any atom is 0.343 e. The van der Waals surface area contributed by atoms with Gasteiger partial charge in [0.25, 0.3) is 0 Å². The molecule has 19 heavy (non-hydrogen) atoms. The number of carbonyl (C=O) groups is 2. The Labute approximate surface area is 118 Å². The molecule has 1 N–H and O–H groups in total. The summed E-state index contributed by atoms with van der Waals surface area (Å²) < 4.78 is 14.8. The van der Waals surface area contributed by atoms with Crippen molar-refractivity contribution in [1.82, 2.24) is 4.90 Å². The van der Waals surface area contributed by atoms with E-state index in [1.165, 1.54) is 4.90 Å². The summed E-state index contributed by atoms with van der Waals surface area (Å²) in [6, 6.07) is 7.25. The Morgan fingerprint density at radius 3 is 2.53 bits per heavy atom. The number of aliphatic carboxylic acids is 1. The molecule has 0 aromatic heterocycles. The van der Waals surface area contributed by atoms with Crippen LogP contribution in [0.5, 0.6) is 0 Å². The first-order valence-corrected chi connectivity index (χ1v) is 6.64. The maximum absolute atomic E-state index is 13.8. The molecule has 1 fully saturated rings. The lowest BCUT2D eigenvalue weighted by Gasteiger charge is -2.17. The predicted molar refractivity (Wildman–Crippen MR) is 70.5 cm³/mol. The van der Waals surface area contributed by atoms with Gasteiger partial charge in [-0.05, 0) is 17.7 Å². The van der Waals surface area contributed by atoms with Gasteiger partial charge in [0.05, 0.1) is 13.0 Å². The second-order valence-electron chi connectivity index (χ2n) is 4.64. The van der Waals surface area contributed by atoms with Crippen LogP contribution in [-0.4, -0.2) is 40.6 Å². The third-order valence-electron chi connectivity index (χ3n) is 3.22. The molecule has 1 aromatic carbocycles. The summed E-state index contributed by atoms with van der Waals surface area (Å²) in [5.41, 5.74) is -1.48. The number of hydrogen-bond donors (Lipinski definition) is 1. The Kier molecular flexibility index (Phi) is 3.89. The summed E-state index contributed by atoms with van der Waals surface area (Å²) in [6.07, 6.45) is 0.0113. The van der Waals surface area contributed by atoms with Crippen molar-refractivity contribution in [2.75, 3.05) is 13.1 Å². The molecule has 0 aliphatic carbocycles. The van der Waals surface area contributed by atoms with Crippen molar-refractivity contribution in [3.05, 3.63) is 34.3 Å². The van der Waals surface area contributed by atoms with Crippen molar-refractivity contribution in [3.8, 4) is 0 Å². The molecule has 1 aliphatic rings. The molecule has 0 spiro atoms. The van der Waals surface area contributed by atoms with Crippen molar-refractivity contribution in [2.24, 2.45) is 0 Å². The Morgan fingerprint density at radius 1 is 1.37 bits per heavy atom. The highest BCUT2D eigenvalue weighted by molar-refractivity contribution is 9.10. The molecule has 1 amide bonds. The van der Waals surface area contributed by atoms with Gasteiger partial charge >= 0.3 is 5.97 Å². The highest BCUT2D eigenvalue weighted by Gasteiger charge is 2.46. The molecule has 1 saturated heterocycles. The minimum Gasteiger partial charge on any atom is -0.479 e. The summed E-state index contributed by atoms with van der Waals surface area (Å²) in [6.45, 7) is -0.212. The molecular weight excluding hydrogens is 317 g/mol. The van der Waals surface area contributed by atoms with Crippen LogP contribution in [-0.2, 0) is 16.0 Å². The van der Waals surface area contributed by atoms with E-state index in [0.29, 0.717) is 0 Å². The zero-order chi connectivity index (χ0) is 14.0. The molecule has 6 heteroatoms. The van der Waals surface area contributed by atoms with E-state index in [9.17, 15) is 14.0 Å². The van der Waals surface area contributed by atoms with Gasteiger partial charge in [-0.15, -0.1) is 0 Å². The smallest absolute Gasteiger partial charge is 0.343 e. The molecule has 1 aliphatic heterocycles. The number of likely N-dealkylation sites (tertiary alicyclic amines) is 1. The first-order chi connectivity index (χ1) is 8.90. The molecule has 1 unspecified atom stereocenters. The van der Waals surface area contributed by atoms with Crippen LogP contribution in [0.4, 0.5) is 4.39 Å². The topological polar surface area (TPSA) is 57.6 Å². The van der Waals surface area contributed by atoms with Gasteiger partial charge < -0.3 is 10.0 Å². The lowest BCUT2D eigenvalue weighted by molar-refractivity contribution is -0.150. The van der Waals surface area contributed by atoms with Crippen molar-refractivity contribution in [1.29, 1.82) is 0 Å². The summed E-state index contributed by atoms with van der Waals surface area (Å²) in [5, 5.41) is 8.77. The zero-order valence-corrected chi connectivity index (χ0v) is 11.7. The van der Waals surface area contributed by atoms with E-state index in [1.807, 2.05) is 12.1 Å². The number of rotatable bonds is 3. The van der Waals surface area contributed by atoms with Crippen molar-refractivity contribution >= 4 is 27.8 Å². The highest BCUT2D eigenvalue weighted by Crippen LogP contribution is 2.26. The van der Waals surface area contributed by atoms with E-state index >= 15 is 0 Å². The molecule has 1 heterocycles. The molecule has 102 valence electrons. The number of alkyl halides is 1.